The predicted molar refractivity (Wildman–Crippen MR) is 71.7 cm³/mol. The van der Waals surface area contributed by atoms with Crippen molar-refractivity contribution in [2.75, 3.05) is 0 Å². The van der Waals surface area contributed by atoms with Gasteiger partial charge in [0.1, 0.15) is 6.04 Å². The summed E-state index contributed by atoms with van der Waals surface area (Å²) in [4.78, 5) is 29.6. The molecule has 1 unspecified atom stereocenters. The van der Waals surface area contributed by atoms with Crippen LogP contribution in [0.2, 0.25) is 0 Å². The van der Waals surface area contributed by atoms with E-state index in [1.165, 1.54) is 6.29 Å². The highest BCUT2D eigenvalue weighted by Gasteiger charge is 2.10. The number of carboxylic acid groups (broad SMARTS) is 2. The van der Waals surface area contributed by atoms with Gasteiger partial charge in [-0.1, -0.05) is 30.3 Å². The van der Waals surface area contributed by atoms with Crippen molar-refractivity contribution in [3.05, 3.63) is 35.9 Å². The fourth-order valence-electron chi connectivity index (χ4n) is 1.19. The van der Waals surface area contributed by atoms with Gasteiger partial charge in [0, 0.05) is 0 Å². The number of nitrogens with two attached hydrogens (primary N) is 2. The molecule has 0 saturated carbocycles. The van der Waals surface area contributed by atoms with E-state index in [0.717, 1.165) is 5.56 Å². The van der Waals surface area contributed by atoms with Crippen LogP contribution >= 0.6 is 0 Å². The van der Waals surface area contributed by atoms with Gasteiger partial charge in [0.25, 0.3) is 0 Å². The van der Waals surface area contributed by atoms with Crippen LogP contribution in [0.15, 0.2) is 30.3 Å². The summed E-state index contributed by atoms with van der Waals surface area (Å²) < 4.78 is 0. The molecule has 0 saturated heterocycles. The molecule has 0 aliphatic rings. The molecule has 1 aromatic carbocycles. The minimum Gasteiger partial charge on any atom is -0.481 e. The molecule has 6 N–H and O–H groups in total. The van der Waals surface area contributed by atoms with Crippen LogP contribution in [0.1, 0.15) is 12.0 Å². The molecule has 2 atom stereocenters. The van der Waals surface area contributed by atoms with Crippen molar-refractivity contribution in [3.63, 3.8) is 0 Å². The van der Waals surface area contributed by atoms with Gasteiger partial charge in [-0.3, -0.25) is 14.4 Å². The summed E-state index contributed by atoms with van der Waals surface area (Å²) in [6, 6.07) is 7.56. The molecule has 7 heteroatoms. The van der Waals surface area contributed by atoms with Crippen LogP contribution in [-0.2, 0) is 20.8 Å². The van der Waals surface area contributed by atoms with Crippen molar-refractivity contribution in [1.29, 1.82) is 0 Å². The van der Waals surface area contributed by atoms with E-state index in [1.54, 1.807) is 0 Å². The Balaban J connectivity index is 0.000000396. The highest BCUT2D eigenvalue weighted by Crippen LogP contribution is 2.01. The minimum atomic E-state index is -1.08. The standard InChI is InChI=1S/C9H11NO2.C4H6NO3/c10-8(9(11)12)6-7-4-2-1-3-5-7;5-3(2-6)1-4(7)8/h1-5,8H,6,10H2,(H,11,12);3H,1,5H2,(H,7,8)/t8-;/m0./s1. The van der Waals surface area contributed by atoms with Gasteiger partial charge in [0.05, 0.1) is 12.5 Å². The van der Waals surface area contributed by atoms with E-state index >= 15 is 0 Å². The van der Waals surface area contributed by atoms with E-state index in [1.807, 2.05) is 30.3 Å². The van der Waals surface area contributed by atoms with Crippen LogP contribution in [0.5, 0.6) is 0 Å². The van der Waals surface area contributed by atoms with E-state index in [9.17, 15) is 14.4 Å². The van der Waals surface area contributed by atoms with Gasteiger partial charge in [-0.25, -0.2) is 0 Å². The Bertz CT molecular complexity index is 436. The number of hydrogen-bond donors (Lipinski definition) is 4. The number of carboxylic acids is 2. The lowest BCUT2D eigenvalue weighted by Crippen LogP contribution is -2.32. The lowest BCUT2D eigenvalue weighted by molar-refractivity contribution is -0.139. The zero-order chi connectivity index (χ0) is 15.5. The normalized spacial score (nSPS) is 12.5. The molecule has 1 rings (SSSR count). The lowest BCUT2D eigenvalue weighted by Gasteiger charge is -2.04. The third-order valence-corrected chi connectivity index (χ3v) is 2.16. The van der Waals surface area contributed by atoms with Crippen LogP contribution in [-0.4, -0.2) is 40.5 Å². The second-order valence-electron chi connectivity index (χ2n) is 3.96. The molecule has 109 valence electrons. The van der Waals surface area contributed by atoms with E-state index in [4.69, 9.17) is 21.7 Å². The van der Waals surface area contributed by atoms with E-state index < -0.39 is 24.0 Å². The molecule has 0 aromatic heterocycles. The van der Waals surface area contributed by atoms with Gasteiger partial charge in [-0.05, 0) is 12.0 Å². The maximum Gasteiger partial charge on any atom is 0.320 e. The van der Waals surface area contributed by atoms with Crippen molar-refractivity contribution in [2.45, 2.75) is 24.9 Å². The van der Waals surface area contributed by atoms with E-state index in [-0.39, 0.29) is 6.42 Å². The van der Waals surface area contributed by atoms with Crippen molar-refractivity contribution in [2.24, 2.45) is 11.5 Å². The Morgan fingerprint density at radius 1 is 1.15 bits per heavy atom. The summed E-state index contributed by atoms with van der Waals surface area (Å²) in [5.74, 6) is -2.04. The highest BCUT2D eigenvalue weighted by molar-refractivity contribution is 5.74. The van der Waals surface area contributed by atoms with Crippen LogP contribution < -0.4 is 11.5 Å². The summed E-state index contributed by atoms with van der Waals surface area (Å²) in [6.45, 7) is 0. The maximum absolute atomic E-state index is 10.4. The number of benzene rings is 1. The summed E-state index contributed by atoms with van der Waals surface area (Å²) in [5.41, 5.74) is 11.2. The first-order valence-electron chi connectivity index (χ1n) is 5.74. The van der Waals surface area contributed by atoms with E-state index in [2.05, 4.69) is 0 Å². The first-order valence-corrected chi connectivity index (χ1v) is 5.74. The minimum absolute atomic E-state index is 0.344. The van der Waals surface area contributed by atoms with Gasteiger partial charge in [0.2, 0.25) is 6.29 Å². The molecule has 7 nitrogen and oxygen atoms in total. The smallest absolute Gasteiger partial charge is 0.320 e. The second-order valence-corrected chi connectivity index (χ2v) is 3.96. The number of carbonyl (C=O) groups excluding carboxylic acids is 1. The molecule has 0 amide bonds. The Morgan fingerprint density at radius 2 is 1.70 bits per heavy atom. The fourth-order valence-corrected chi connectivity index (χ4v) is 1.19. The molecule has 1 aromatic rings. The molecular formula is C13H17N2O5. The van der Waals surface area contributed by atoms with E-state index in [0.29, 0.717) is 6.42 Å². The highest BCUT2D eigenvalue weighted by atomic mass is 16.4. The number of rotatable bonds is 6. The van der Waals surface area contributed by atoms with Crippen molar-refractivity contribution in [3.8, 4) is 0 Å². The third-order valence-electron chi connectivity index (χ3n) is 2.16. The average Bonchev–Trinajstić information content (AvgIpc) is 2.39. The third kappa shape index (κ3) is 8.78. The summed E-state index contributed by atoms with van der Waals surface area (Å²) >= 11 is 0. The first-order chi connectivity index (χ1) is 9.36. The SMILES string of the molecule is NC([C]=O)CC(=O)O.N[C@@H](Cc1ccccc1)C(=O)O. The largest absolute Gasteiger partial charge is 0.481 e. The Kier molecular flexibility index (Phi) is 8.56. The monoisotopic (exact) mass is 281 g/mol. The Labute approximate surface area is 116 Å². The summed E-state index contributed by atoms with van der Waals surface area (Å²) in [6.07, 6.45) is 1.38. The van der Waals surface area contributed by atoms with Crippen LogP contribution in [0.4, 0.5) is 0 Å². The van der Waals surface area contributed by atoms with Gasteiger partial charge >= 0.3 is 11.9 Å². The Morgan fingerprint density at radius 3 is 2.05 bits per heavy atom. The van der Waals surface area contributed by atoms with Crippen LogP contribution in [0, 0.1) is 0 Å². The quantitative estimate of drug-likeness (QED) is 0.552. The molecule has 0 aliphatic heterocycles. The number of aliphatic carboxylic acids is 2. The van der Waals surface area contributed by atoms with Crippen LogP contribution in [0.25, 0.3) is 0 Å². The average molecular weight is 281 g/mol. The predicted octanol–water partition coefficient (Wildman–Crippen LogP) is -0.461. The molecule has 0 heterocycles. The van der Waals surface area contributed by atoms with Crippen molar-refractivity contribution < 1.29 is 24.6 Å². The molecule has 20 heavy (non-hydrogen) atoms. The van der Waals surface area contributed by atoms with Crippen molar-refractivity contribution >= 4 is 18.2 Å². The lowest BCUT2D eigenvalue weighted by atomic mass is 10.1. The zero-order valence-electron chi connectivity index (χ0n) is 10.7. The summed E-state index contributed by atoms with van der Waals surface area (Å²) in [5, 5.41) is 16.5. The Hall–Kier alpha value is -2.25. The number of hydrogen-bond acceptors (Lipinski definition) is 5. The fraction of sp³-hybridized carbons (Fsp3) is 0.308. The van der Waals surface area contributed by atoms with Gasteiger partial charge in [-0.2, -0.15) is 0 Å². The van der Waals surface area contributed by atoms with Gasteiger partial charge in [-0.15, -0.1) is 0 Å². The molecule has 0 spiro atoms. The molecular weight excluding hydrogens is 264 g/mol. The molecule has 0 bridgehead atoms. The van der Waals surface area contributed by atoms with Crippen LogP contribution in [0.3, 0.4) is 0 Å². The molecule has 1 radical (unpaired) electrons. The molecule has 0 aliphatic carbocycles. The number of carbonyl (C=O) groups is 2. The maximum atomic E-state index is 10.4. The van der Waals surface area contributed by atoms with Crippen molar-refractivity contribution in [1.82, 2.24) is 0 Å². The zero-order valence-corrected chi connectivity index (χ0v) is 10.7. The van der Waals surface area contributed by atoms with Gasteiger partial charge in [0.15, 0.2) is 0 Å². The summed E-state index contributed by atoms with van der Waals surface area (Å²) in [7, 11) is 0. The second kappa shape index (κ2) is 9.65. The first kappa shape index (κ1) is 17.8. The topological polar surface area (TPSA) is 144 Å². The molecule has 0 fully saturated rings. The van der Waals surface area contributed by atoms with Gasteiger partial charge < -0.3 is 21.7 Å².